The normalized spacial score (nSPS) is 16.4. The molecule has 1 atom stereocenters. The van der Waals surface area contributed by atoms with Crippen LogP contribution in [0.15, 0.2) is 53.4 Å². The number of anilines is 2. The van der Waals surface area contributed by atoms with Crippen LogP contribution in [0.4, 0.5) is 15.8 Å². The average molecular weight is 414 g/mol. The van der Waals surface area contributed by atoms with E-state index in [1.807, 2.05) is 0 Å². The minimum Gasteiger partial charge on any atom is -0.324 e. The molecule has 0 saturated carbocycles. The van der Waals surface area contributed by atoms with Crippen molar-refractivity contribution in [3.8, 4) is 0 Å². The zero-order chi connectivity index (χ0) is 18.6. The van der Waals surface area contributed by atoms with Crippen LogP contribution in [0, 0.1) is 5.82 Å². The summed E-state index contributed by atoms with van der Waals surface area (Å²) >= 11 is 0. The fraction of sp³-hybridized carbons (Fsp3) is 0.278. The molecular formula is C18H21ClFN3O3S. The third-order valence-corrected chi connectivity index (χ3v) is 5.54. The number of rotatable bonds is 6. The van der Waals surface area contributed by atoms with Crippen molar-refractivity contribution in [2.24, 2.45) is 0 Å². The molecule has 1 unspecified atom stereocenters. The molecule has 1 aliphatic heterocycles. The van der Waals surface area contributed by atoms with E-state index in [2.05, 4.69) is 15.4 Å². The number of benzene rings is 2. The predicted molar refractivity (Wildman–Crippen MR) is 105 cm³/mol. The van der Waals surface area contributed by atoms with Gasteiger partial charge in [0, 0.05) is 12.5 Å². The minimum absolute atomic E-state index is 0. The van der Waals surface area contributed by atoms with Crippen LogP contribution in [0.5, 0.6) is 0 Å². The maximum absolute atomic E-state index is 13.0. The third kappa shape index (κ3) is 5.66. The van der Waals surface area contributed by atoms with Crippen LogP contribution in [0.25, 0.3) is 0 Å². The second-order valence-corrected chi connectivity index (χ2v) is 7.83. The van der Waals surface area contributed by atoms with E-state index in [0.717, 1.165) is 31.5 Å². The molecule has 1 heterocycles. The summed E-state index contributed by atoms with van der Waals surface area (Å²) in [7, 11) is -3.89. The number of sulfonamides is 1. The van der Waals surface area contributed by atoms with Crippen molar-refractivity contribution < 1.29 is 17.6 Å². The lowest BCUT2D eigenvalue weighted by Crippen LogP contribution is -2.27. The summed E-state index contributed by atoms with van der Waals surface area (Å²) in [4.78, 5) is 12.2. The van der Waals surface area contributed by atoms with Crippen molar-refractivity contribution >= 4 is 39.7 Å². The van der Waals surface area contributed by atoms with Crippen LogP contribution in [0.1, 0.15) is 19.3 Å². The lowest BCUT2D eigenvalue weighted by molar-refractivity contribution is -0.116. The molecule has 3 rings (SSSR count). The first kappa shape index (κ1) is 21.1. The molecule has 1 fully saturated rings. The Hall–Kier alpha value is -2.16. The van der Waals surface area contributed by atoms with E-state index < -0.39 is 15.8 Å². The van der Waals surface area contributed by atoms with Crippen molar-refractivity contribution in [3.05, 3.63) is 54.3 Å². The maximum Gasteiger partial charge on any atom is 0.261 e. The summed E-state index contributed by atoms with van der Waals surface area (Å²) in [5.74, 6) is -0.699. The van der Waals surface area contributed by atoms with Gasteiger partial charge in [0.05, 0.1) is 16.3 Å². The van der Waals surface area contributed by atoms with E-state index in [0.29, 0.717) is 12.1 Å². The minimum atomic E-state index is -3.89. The second kappa shape index (κ2) is 9.16. The molecule has 0 radical (unpaired) electrons. The number of carbonyl (C=O) groups excluding carboxylic acids is 1. The highest BCUT2D eigenvalue weighted by molar-refractivity contribution is 7.92. The van der Waals surface area contributed by atoms with Gasteiger partial charge in [-0.05, 0) is 55.8 Å². The molecule has 27 heavy (non-hydrogen) atoms. The van der Waals surface area contributed by atoms with Gasteiger partial charge < -0.3 is 10.6 Å². The van der Waals surface area contributed by atoms with E-state index in [1.165, 1.54) is 12.1 Å². The third-order valence-electron chi connectivity index (χ3n) is 4.16. The van der Waals surface area contributed by atoms with Gasteiger partial charge in [-0.3, -0.25) is 9.52 Å². The fourth-order valence-corrected chi connectivity index (χ4v) is 3.93. The molecule has 9 heteroatoms. The summed E-state index contributed by atoms with van der Waals surface area (Å²) in [6, 6.07) is 11.2. The standard InChI is InChI=1S/C18H20FN3O3S.ClH/c19-13-7-9-15(10-8-13)26(24,25)22-17-6-2-1-5-16(17)21-18(23)12-14-4-3-11-20-14;/h1-2,5-10,14,20,22H,3-4,11-12H2,(H,21,23);1H. The van der Waals surface area contributed by atoms with Gasteiger partial charge in [0.25, 0.3) is 10.0 Å². The van der Waals surface area contributed by atoms with Gasteiger partial charge in [-0.1, -0.05) is 12.1 Å². The molecule has 0 spiro atoms. The van der Waals surface area contributed by atoms with E-state index >= 15 is 0 Å². The first-order valence-corrected chi connectivity index (χ1v) is 9.83. The largest absolute Gasteiger partial charge is 0.324 e. The highest BCUT2D eigenvalue weighted by Gasteiger charge is 2.20. The van der Waals surface area contributed by atoms with Gasteiger partial charge in [0.15, 0.2) is 0 Å². The Kier molecular flexibility index (Phi) is 7.18. The molecule has 1 aliphatic rings. The highest BCUT2D eigenvalue weighted by Crippen LogP contribution is 2.25. The van der Waals surface area contributed by atoms with Crippen molar-refractivity contribution in [1.82, 2.24) is 5.32 Å². The van der Waals surface area contributed by atoms with Crippen molar-refractivity contribution in [2.45, 2.75) is 30.2 Å². The first-order valence-electron chi connectivity index (χ1n) is 8.35. The molecule has 1 saturated heterocycles. The number of para-hydroxylation sites is 2. The van der Waals surface area contributed by atoms with Crippen molar-refractivity contribution in [1.29, 1.82) is 0 Å². The summed E-state index contributed by atoms with van der Waals surface area (Å²) in [6.45, 7) is 0.909. The van der Waals surface area contributed by atoms with Gasteiger partial charge in [0.2, 0.25) is 5.91 Å². The number of amides is 1. The van der Waals surface area contributed by atoms with Crippen LogP contribution in [-0.4, -0.2) is 26.9 Å². The molecule has 0 bridgehead atoms. The number of hydrogen-bond donors (Lipinski definition) is 3. The summed E-state index contributed by atoms with van der Waals surface area (Å²) < 4.78 is 40.4. The van der Waals surface area contributed by atoms with Crippen LogP contribution >= 0.6 is 12.4 Å². The second-order valence-electron chi connectivity index (χ2n) is 6.15. The van der Waals surface area contributed by atoms with Gasteiger partial charge >= 0.3 is 0 Å². The Morgan fingerprint density at radius 3 is 2.41 bits per heavy atom. The molecule has 2 aromatic carbocycles. The first-order chi connectivity index (χ1) is 12.4. The van der Waals surface area contributed by atoms with Crippen molar-refractivity contribution in [3.63, 3.8) is 0 Å². The Bertz CT molecular complexity index is 885. The average Bonchev–Trinajstić information content (AvgIpc) is 3.09. The smallest absolute Gasteiger partial charge is 0.261 e. The molecule has 0 aliphatic carbocycles. The Labute approximate surface area is 164 Å². The topological polar surface area (TPSA) is 87.3 Å². The predicted octanol–water partition coefficient (Wildman–Crippen LogP) is 3.13. The lowest BCUT2D eigenvalue weighted by atomic mass is 10.1. The molecule has 0 aromatic heterocycles. The molecule has 3 N–H and O–H groups in total. The summed E-state index contributed by atoms with van der Waals surface area (Å²) in [5.41, 5.74) is 0.630. The Morgan fingerprint density at radius 2 is 1.78 bits per heavy atom. The highest BCUT2D eigenvalue weighted by atomic mass is 35.5. The monoisotopic (exact) mass is 413 g/mol. The molecule has 1 amide bonds. The summed E-state index contributed by atoms with van der Waals surface area (Å²) in [5, 5.41) is 6.00. The number of halogens is 2. The Morgan fingerprint density at radius 1 is 1.11 bits per heavy atom. The van der Waals surface area contributed by atoms with E-state index in [1.54, 1.807) is 24.3 Å². The quantitative estimate of drug-likeness (QED) is 0.679. The number of hydrogen-bond acceptors (Lipinski definition) is 4. The van der Waals surface area contributed by atoms with E-state index in [4.69, 9.17) is 0 Å². The van der Waals surface area contributed by atoms with Gasteiger partial charge in [-0.2, -0.15) is 0 Å². The Balaban J connectivity index is 0.00000261. The van der Waals surface area contributed by atoms with E-state index in [9.17, 15) is 17.6 Å². The maximum atomic E-state index is 13.0. The number of carbonyl (C=O) groups is 1. The number of nitrogens with one attached hydrogen (secondary N) is 3. The lowest BCUT2D eigenvalue weighted by Gasteiger charge is -2.15. The van der Waals surface area contributed by atoms with Crippen molar-refractivity contribution in [2.75, 3.05) is 16.6 Å². The van der Waals surface area contributed by atoms with Crippen LogP contribution in [-0.2, 0) is 14.8 Å². The molecular weight excluding hydrogens is 393 g/mol. The fourth-order valence-electron chi connectivity index (χ4n) is 2.85. The van der Waals surface area contributed by atoms with Gasteiger partial charge in [-0.15, -0.1) is 12.4 Å². The molecule has 2 aromatic rings. The van der Waals surface area contributed by atoms with Crippen LogP contribution in [0.2, 0.25) is 0 Å². The van der Waals surface area contributed by atoms with Gasteiger partial charge in [-0.25, -0.2) is 12.8 Å². The van der Waals surface area contributed by atoms with Crippen LogP contribution in [0.3, 0.4) is 0 Å². The SMILES string of the molecule is Cl.O=C(CC1CCCN1)Nc1ccccc1NS(=O)(=O)c1ccc(F)cc1. The molecule has 6 nitrogen and oxygen atoms in total. The van der Waals surface area contributed by atoms with E-state index in [-0.39, 0.29) is 34.9 Å². The zero-order valence-corrected chi connectivity index (χ0v) is 16.1. The van der Waals surface area contributed by atoms with Gasteiger partial charge in [0.1, 0.15) is 5.82 Å². The summed E-state index contributed by atoms with van der Waals surface area (Å²) in [6.07, 6.45) is 2.33. The zero-order valence-electron chi connectivity index (χ0n) is 14.4. The van der Waals surface area contributed by atoms with Crippen LogP contribution < -0.4 is 15.4 Å². The molecule has 146 valence electrons.